The van der Waals surface area contributed by atoms with Crippen molar-refractivity contribution in [2.75, 3.05) is 45.6 Å². The summed E-state index contributed by atoms with van der Waals surface area (Å²) in [4.78, 5) is 2.38. The molecule has 2 aliphatic rings. The molecule has 1 saturated heterocycles. The van der Waals surface area contributed by atoms with E-state index in [0.717, 1.165) is 31.0 Å². The van der Waals surface area contributed by atoms with Gasteiger partial charge < -0.3 is 9.64 Å². The van der Waals surface area contributed by atoms with Gasteiger partial charge in [-0.2, -0.15) is 4.31 Å². The predicted octanol–water partition coefficient (Wildman–Crippen LogP) is -0.214. The maximum Gasteiger partial charge on any atom is 0.211 e. The number of aromatic nitrogens is 3. The largest absolute Gasteiger partial charge is 0.378 e. The molecule has 0 radical (unpaired) electrons. The highest BCUT2D eigenvalue weighted by atomic mass is 32.2. The zero-order chi connectivity index (χ0) is 16.4. The summed E-state index contributed by atoms with van der Waals surface area (Å²) in [7, 11) is -1.45. The van der Waals surface area contributed by atoms with E-state index in [2.05, 4.69) is 15.2 Å². The summed E-state index contributed by atoms with van der Waals surface area (Å²) in [6.45, 7) is 4.57. The molecule has 3 rings (SSSR count). The number of hydrogen-bond donors (Lipinski definition) is 0. The molecular formula is C14H25N5O3S. The second-order valence-electron chi connectivity index (χ2n) is 6.31. The van der Waals surface area contributed by atoms with E-state index in [0.29, 0.717) is 26.2 Å². The van der Waals surface area contributed by atoms with Crippen molar-refractivity contribution in [3.05, 3.63) is 11.4 Å². The van der Waals surface area contributed by atoms with Crippen molar-refractivity contribution in [3.8, 4) is 0 Å². The molecule has 1 aromatic rings. The first-order chi connectivity index (χ1) is 11.0. The van der Waals surface area contributed by atoms with Gasteiger partial charge in [0.1, 0.15) is 5.69 Å². The lowest BCUT2D eigenvalue weighted by Gasteiger charge is -2.32. The van der Waals surface area contributed by atoms with Gasteiger partial charge in [0.25, 0.3) is 0 Å². The fourth-order valence-electron chi connectivity index (χ4n) is 3.40. The Morgan fingerprint density at radius 3 is 2.70 bits per heavy atom. The van der Waals surface area contributed by atoms with Crippen LogP contribution >= 0.6 is 0 Å². The Morgan fingerprint density at radius 1 is 1.26 bits per heavy atom. The lowest BCUT2D eigenvalue weighted by molar-refractivity contribution is 0.0698. The Hall–Kier alpha value is -1.03. The number of hydrogen-bond acceptors (Lipinski definition) is 6. The summed E-state index contributed by atoms with van der Waals surface area (Å²) in [6.07, 6.45) is 4.39. The smallest absolute Gasteiger partial charge is 0.211 e. The molecule has 0 unspecified atom stereocenters. The molecule has 2 aliphatic heterocycles. The highest BCUT2D eigenvalue weighted by Crippen LogP contribution is 2.29. The minimum Gasteiger partial charge on any atom is -0.378 e. The molecule has 1 atom stereocenters. The molecule has 0 aliphatic carbocycles. The fourth-order valence-corrected chi connectivity index (χ4v) is 4.45. The molecule has 9 heteroatoms. The third-order valence-electron chi connectivity index (χ3n) is 4.66. The predicted molar refractivity (Wildman–Crippen MR) is 85.5 cm³/mol. The molecule has 1 aromatic heterocycles. The zero-order valence-corrected chi connectivity index (χ0v) is 14.6. The Bertz CT molecular complexity index is 639. The molecule has 0 aromatic carbocycles. The first-order valence-electron chi connectivity index (χ1n) is 8.12. The van der Waals surface area contributed by atoms with Crippen LogP contribution in [0.3, 0.4) is 0 Å². The minimum atomic E-state index is -3.30. The first kappa shape index (κ1) is 16.8. The Morgan fingerprint density at radius 2 is 2.00 bits per heavy atom. The van der Waals surface area contributed by atoms with E-state index in [1.807, 2.05) is 7.05 Å². The summed E-state index contributed by atoms with van der Waals surface area (Å²) >= 11 is 0. The summed E-state index contributed by atoms with van der Waals surface area (Å²) in [5.74, 6) is 0. The van der Waals surface area contributed by atoms with Gasteiger partial charge in [-0.25, -0.2) is 8.42 Å². The molecule has 3 heterocycles. The van der Waals surface area contributed by atoms with Crippen LogP contribution in [0.15, 0.2) is 0 Å². The molecular weight excluding hydrogens is 318 g/mol. The van der Waals surface area contributed by atoms with Gasteiger partial charge in [-0.15, -0.1) is 5.10 Å². The summed E-state index contributed by atoms with van der Waals surface area (Å²) < 4.78 is 33.1. The molecule has 8 nitrogen and oxygen atoms in total. The van der Waals surface area contributed by atoms with E-state index in [4.69, 9.17) is 4.74 Å². The number of nitrogens with zero attached hydrogens (tertiary/aromatic N) is 5. The van der Waals surface area contributed by atoms with Gasteiger partial charge in [-0.3, -0.25) is 4.68 Å². The van der Waals surface area contributed by atoms with Crippen LogP contribution in [-0.4, -0.2) is 78.3 Å². The van der Waals surface area contributed by atoms with Gasteiger partial charge >= 0.3 is 0 Å². The van der Waals surface area contributed by atoms with Crippen LogP contribution in [-0.2, 0) is 28.2 Å². The van der Waals surface area contributed by atoms with Crippen LogP contribution in [0.4, 0.5) is 0 Å². The van der Waals surface area contributed by atoms with Gasteiger partial charge in [-0.05, 0) is 25.9 Å². The van der Waals surface area contributed by atoms with Crippen molar-refractivity contribution < 1.29 is 13.2 Å². The molecule has 130 valence electrons. The molecule has 0 N–H and O–H groups in total. The third-order valence-corrected chi connectivity index (χ3v) is 5.95. The van der Waals surface area contributed by atoms with Gasteiger partial charge in [0.15, 0.2) is 0 Å². The van der Waals surface area contributed by atoms with Crippen molar-refractivity contribution in [1.82, 2.24) is 24.2 Å². The molecule has 1 fully saturated rings. The zero-order valence-electron chi connectivity index (χ0n) is 13.8. The number of sulfonamides is 1. The minimum absolute atomic E-state index is 0.326. The summed E-state index contributed by atoms with van der Waals surface area (Å²) in [6, 6.07) is -0.374. The van der Waals surface area contributed by atoms with Crippen molar-refractivity contribution in [2.45, 2.75) is 25.3 Å². The van der Waals surface area contributed by atoms with E-state index in [1.54, 1.807) is 4.68 Å². The van der Waals surface area contributed by atoms with E-state index >= 15 is 0 Å². The van der Waals surface area contributed by atoms with Crippen LogP contribution < -0.4 is 0 Å². The Kier molecular flexibility index (Phi) is 5.00. The molecule has 0 amide bonds. The number of rotatable bonds is 6. The topological polar surface area (TPSA) is 80.6 Å². The van der Waals surface area contributed by atoms with Gasteiger partial charge in [0.05, 0.1) is 31.2 Å². The number of fused-ring (bicyclic) bond motifs is 1. The van der Waals surface area contributed by atoms with E-state index < -0.39 is 10.0 Å². The SMILES string of the molecule is Cn1nnc2c1CCN(S(C)(=O)=O)[C@@H]2COCCN1CCCC1. The van der Waals surface area contributed by atoms with Crippen molar-refractivity contribution in [2.24, 2.45) is 7.05 Å². The third kappa shape index (κ3) is 3.73. The van der Waals surface area contributed by atoms with Gasteiger partial charge in [-0.1, -0.05) is 5.21 Å². The lowest BCUT2D eigenvalue weighted by Crippen LogP contribution is -2.42. The quantitative estimate of drug-likeness (QED) is 0.665. The van der Waals surface area contributed by atoms with Gasteiger partial charge in [0, 0.05) is 26.6 Å². The Balaban J connectivity index is 1.65. The van der Waals surface area contributed by atoms with E-state index in [-0.39, 0.29) is 6.04 Å². The highest BCUT2D eigenvalue weighted by molar-refractivity contribution is 7.88. The van der Waals surface area contributed by atoms with Crippen molar-refractivity contribution in [1.29, 1.82) is 0 Å². The van der Waals surface area contributed by atoms with Crippen LogP contribution in [0, 0.1) is 0 Å². The van der Waals surface area contributed by atoms with Gasteiger partial charge in [0.2, 0.25) is 10.0 Å². The molecule has 0 saturated carbocycles. The fraction of sp³-hybridized carbons (Fsp3) is 0.857. The first-order valence-corrected chi connectivity index (χ1v) is 9.97. The van der Waals surface area contributed by atoms with E-state index in [9.17, 15) is 8.42 Å². The second kappa shape index (κ2) is 6.84. The average molecular weight is 343 g/mol. The maximum atomic E-state index is 12.1. The van der Waals surface area contributed by atoms with Crippen molar-refractivity contribution >= 4 is 10.0 Å². The number of aryl methyl sites for hydroxylation is 1. The van der Waals surface area contributed by atoms with Crippen molar-refractivity contribution in [3.63, 3.8) is 0 Å². The van der Waals surface area contributed by atoms with E-state index in [1.165, 1.54) is 23.4 Å². The Labute approximate surface area is 137 Å². The van der Waals surface area contributed by atoms with Crippen LogP contribution in [0.5, 0.6) is 0 Å². The number of ether oxygens (including phenoxy) is 1. The monoisotopic (exact) mass is 343 g/mol. The molecule has 0 bridgehead atoms. The van der Waals surface area contributed by atoms with Crippen LogP contribution in [0.25, 0.3) is 0 Å². The molecule has 23 heavy (non-hydrogen) atoms. The lowest BCUT2D eigenvalue weighted by atomic mass is 10.1. The highest BCUT2D eigenvalue weighted by Gasteiger charge is 2.36. The average Bonchev–Trinajstić information content (AvgIpc) is 3.13. The summed E-state index contributed by atoms with van der Waals surface area (Å²) in [5, 5.41) is 8.21. The maximum absolute atomic E-state index is 12.1. The molecule has 0 spiro atoms. The number of likely N-dealkylation sites (tertiary alicyclic amines) is 1. The van der Waals surface area contributed by atoms with Crippen LogP contribution in [0.2, 0.25) is 0 Å². The second-order valence-corrected chi connectivity index (χ2v) is 8.24. The standard InChI is InChI=1S/C14H25N5O3S/c1-17-12-5-8-19(23(2,20)21)13(14(12)15-16-17)11-22-10-9-18-6-3-4-7-18/h13H,3-11H2,1-2H3/t13-/m1/s1. The summed E-state index contributed by atoms with van der Waals surface area (Å²) in [5.41, 5.74) is 1.73. The van der Waals surface area contributed by atoms with Crippen LogP contribution in [0.1, 0.15) is 30.3 Å². The normalized spacial score (nSPS) is 23.3.